The number of nitrogens with one attached hydrogen (secondary N) is 1. The lowest BCUT2D eigenvalue weighted by molar-refractivity contribution is -0.139. The molecule has 1 atom stereocenters. The van der Waals surface area contributed by atoms with Gasteiger partial charge in [0.15, 0.2) is 0 Å². The summed E-state index contributed by atoms with van der Waals surface area (Å²) < 4.78 is 7.45. The molecule has 6 heteroatoms. The molecular weight excluding hydrogens is 268 g/mol. The van der Waals surface area contributed by atoms with Crippen LogP contribution in [-0.4, -0.2) is 52.4 Å². The molecule has 1 saturated carbocycles. The number of aromatic nitrogens is 2. The zero-order chi connectivity index (χ0) is 14.7. The summed E-state index contributed by atoms with van der Waals surface area (Å²) in [6.07, 6.45) is 8.23. The van der Waals surface area contributed by atoms with Crippen LogP contribution in [-0.2, 0) is 23.1 Å². The van der Waals surface area contributed by atoms with Crippen LogP contribution in [0.5, 0.6) is 0 Å². The van der Waals surface area contributed by atoms with Gasteiger partial charge in [0, 0.05) is 44.5 Å². The van der Waals surface area contributed by atoms with Gasteiger partial charge in [0.1, 0.15) is 6.10 Å². The van der Waals surface area contributed by atoms with Gasteiger partial charge in [-0.25, -0.2) is 0 Å². The first-order valence-electron chi connectivity index (χ1n) is 7.82. The molecule has 3 rings (SSSR count). The summed E-state index contributed by atoms with van der Waals surface area (Å²) in [6.45, 7) is 2.96. The van der Waals surface area contributed by atoms with E-state index in [2.05, 4.69) is 15.3 Å². The van der Waals surface area contributed by atoms with Crippen molar-refractivity contribution in [2.24, 2.45) is 7.05 Å². The zero-order valence-electron chi connectivity index (χ0n) is 12.6. The fourth-order valence-electron chi connectivity index (χ4n) is 3.18. The minimum atomic E-state index is -0.337. The van der Waals surface area contributed by atoms with Gasteiger partial charge in [-0.15, -0.1) is 0 Å². The zero-order valence-corrected chi connectivity index (χ0v) is 12.6. The number of aryl methyl sites for hydroxylation is 1. The highest BCUT2D eigenvalue weighted by Gasteiger charge is 2.28. The van der Waals surface area contributed by atoms with Crippen LogP contribution in [0.15, 0.2) is 12.4 Å². The van der Waals surface area contributed by atoms with Crippen LogP contribution in [0.25, 0.3) is 0 Å². The van der Waals surface area contributed by atoms with E-state index in [4.69, 9.17) is 4.74 Å². The lowest BCUT2D eigenvalue weighted by Crippen LogP contribution is -2.51. The van der Waals surface area contributed by atoms with Crippen LogP contribution >= 0.6 is 0 Å². The Balaban J connectivity index is 1.51. The number of hydrogen-bond acceptors (Lipinski definition) is 4. The highest BCUT2D eigenvalue weighted by Crippen LogP contribution is 2.18. The van der Waals surface area contributed by atoms with Gasteiger partial charge in [0.2, 0.25) is 0 Å². The predicted molar refractivity (Wildman–Crippen MR) is 78.6 cm³/mol. The van der Waals surface area contributed by atoms with Crippen molar-refractivity contribution >= 4 is 5.91 Å². The van der Waals surface area contributed by atoms with E-state index in [1.807, 2.05) is 19.4 Å². The second-order valence-electron chi connectivity index (χ2n) is 6.11. The molecule has 21 heavy (non-hydrogen) atoms. The Morgan fingerprint density at radius 3 is 3.00 bits per heavy atom. The maximum atomic E-state index is 12.3. The molecule has 1 aliphatic carbocycles. The van der Waals surface area contributed by atoms with Crippen LogP contribution < -0.4 is 5.32 Å². The summed E-state index contributed by atoms with van der Waals surface area (Å²) in [5, 5.41) is 7.31. The summed E-state index contributed by atoms with van der Waals surface area (Å²) in [5.74, 6) is 0.0535. The van der Waals surface area contributed by atoms with Gasteiger partial charge in [-0.3, -0.25) is 14.4 Å². The average molecular weight is 292 g/mol. The highest BCUT2D eigenvalue weighted by atomic mass is 16.5. The number of hydrogen-bond donors (Lipinski definition) is 1. The summed E-state index contributed by atoms with van der Waals surface area (Å²) in [6, 6.07) is 0.356. The van der Waals surface area contributed by atoms with E-state index in [1.165, 1.54) is 18.4 Å². The van der Waals surface area contributed by atoms with Gasteiger partial charge in [0.05, 0.1) is 12.8 Å². The van der Waals surface area contributed by atoms with E-state index in [0.29, 0.717) is 19.2 Å². The van der Waals surface area contributed by atoms with Crippen molar-refractivity contribution in [3.8, 4) is 0 Å². The molecule has 0 radical (unpaired) electrons. The minimum Gasteiger partial charge on any atom is -0.366 e. The summed E-state index contributed by atoms with van der Waals surface area (Å²) in [4.78, 5) is 14.5. The van der Waals surface area contributed by atoms with Crippen molar-refractivity contribution in [2.75, 3.05) is 19.7 Å². The Labute approximate surface area is 125 Å². The number of morpholine rings is 1. The van der Waals surface area contributed by atoms with E-state index < -0.39 is 0 Å². The van der Waals surface area contributed by atoms with Crippen molar-refractivity contribution in [3.63, 3.8) is 0 Å². The molecule has 6 nitrogen and oxygen atoms in total. The van der Waals surface area contributed by atoms with Crippen molar-refractivity contribution in [1.82, 2.24) is 20.0 Å². The third kappa shape index (κ3) is 3.83. The van der Waals surface area contributed by atoms with E-state index in [1.54, 1.807) is 4.68 Å². The van der Waals surface area contributed by atoms with E-state index in [0.717, 1.165) is 25.9 Å². The summed E-state index contributed by atoms with van der Waals surface area (Å²) in [5.41, 5.74) is 1.18. The van der Waals surface area contributed by atoms with E-state index in [-0.39, 0.29) is 12.0 Å². The largest absolute Gasteiger partial charge is 0.366 e. The first kappa shape index (κ1) is 14.5. The molecule has 116 valence electrons. The second kappa shape index (κ2) is 6.58. The van der Waals surface area contributed by atoms with Crippen molar-refractivity contribution in [3.05, 3.63) is 18.0 Å². The van der Waals surface area contributed by atoms with Crippen LogP contribution in [0.2, 0.25) is 0 Å². The molecule has 1 aromatic rings. The number of carbonyl (C=O) groups excluding carboxylic acids is 1. The lowest BCUT2D eigenvalue weighted by Gasteiger charge is -2.32. The molecular formula is C15H24N4O2. The molecule has 1 aromatic heterocycles. The molecule has 1 N–H and O–H groups in total. The molecule has 0 aromatic carbocycles. The molecule has 1 saturated heterocycles. The predicted octanol–water partition coefficient (Wildman–Crippen LogP) is 0.680. The summed E-state index contributed by atoms with van der Waals surface area (Å²) >= 11 is 0. The molecule has 2 fully saturated rings. The van der Waals surface area contributed by atoms with Crippen LogP contribution in [0.1, 0.15) is 31.2 Å². The smallest absolute Gasteiger partial charge is 0.250 e. The van der Waals surface area contributed by atoms with Crippen LogP contribution in [0.4, 0.5) is 0 Å². The maximum Gasteiger partial charge on any atom is 0.250 e. The third-order valence-corrected chi connectivity index (χ3v) is 4.31. The average Bonchev–Trinajstić information content (AvgIpc) is 3.11. The van der Waals surface area contributed by atoms with Crippen LogP contribution in [0, 0.1) is 0 Å². The van der Waals surface area contributed by atoms with E-state index in [9.17, 15) is 4.79 Å². The normalized spacial score (nSPS) is 24.3. The lowest BCUT2D eigenvalue weighted by atomic mass is 10.2. The number of rotatable bonds is 4. The van der Waals surface area contributed by atoms with Crippen molar-refractivity contribution < 1.29 is 9.53 Å². The topological polar surface area (TPSA) is 59.4 Å². The Kier molecular flexibility index (Phi) is 4.55. The first-order chi connectivity index (χ1) is 10.2. The Bertz CT molecular complexity index is 482. The molecule has 0 spiro atoms. The van der Waals surface area contributed by atoms with Gasteiger partial charge in [-0.05, 0) is 12.8 Å². The van der Waals surface area contributed by atoms with Crippen molar-refractivity contribution in [1.29, 1.82) is 0 Å². The number of amides is 1. The standard InChI is InChI=1S/C15H24N4O2/c1-18-9-12(8-16-18)10-19-6-7-21-14(11-19)15(20)17-13-4-2-3-5-13/h8-9,13-14H,2-7,10-11H2,1H3,(H,17,20)/t14-/m1/s1. The first-order valence-corrected chi connectivity index (χ1v) is 7.82. The number of carbonyl (C=O) groups is 1. The Morgan fingerprint density at radius 2 is 2.29 bits per heavy atom. The number of nitrogens with zero attached hydrogens (tertiary/aromatic N) is 3. The maximum absolute atomic E-state index is 12.3. The fourth-order valence-corrected chi connectivity index (χ4v) is 3.18. The third-order valence-electron chi connectivity index (χ3n) is 4.31. The van der Waals surface area contributed by atoms with Gasteiger partial charge >= 0.3 is 0 Å². The number of ether oxygens (including phenoxy) is 1. The molecule has 2 heterocycles. The molecule has 0 unspecified atom stereocenters. The molecule has 1 amide bonds. The monoisotopic (exact) mass is 292 g/mol. The van der Waals surface area contributed by atoms with Gasteiger partial charge in [0.25, 0.3) is 5.91 Å². The molecule has 0 bridgehead atoms. The quantitative estimate of drug-likeness (QED) is 0.886. The van der Waals surface area contributed by atoms with Crippen molar-refractivity contribution in [2.45, 2.75) is 44.4 Å². The molecule has 2 aliphatic rings. The second-order valence-corrected chi connectivity index (χ2v) is 6.11. The fraction of sp³-hybridized carbons (Fsp3) is 0.733. The van der Waals surface area contributed by atoms with Gasteiger partial charge in [-0.2, -0.15) is 5.10 Å². The van der Waals surface area contributed by atoms with Crippen LogP contribution in [0.3, 0.4) is 0 Å². The minimum absolute atomic E-state index is 0.0535. The van der Waals surface area contributed by atoms with Gasteiger partial charge < -0.3 is 10.1 Å². The van der Waals surface area contributed by atoms with E-state index >= 15 is 0 Å². The van der Waals surface area contributed by atoms with Gasteiger partial charge in [-0.1, -0.05) is 12.8 Å². The Morgan fingerprint density at radius 1 is 1.48 bits per heavy atom. The highest BCUT2D eigenvalue weighted by molar-refractivity contribution is 5.81. The Hall–Kier alpha value is -1.40. The molecule has 1 aliphatic heterocycles. The SMILES string of the molecule is Cn1cc(CN2CCO[C@@H](C(=O)NC3CCCC3)C2)cn1. The summed E-state index contributed by atoms with van der Waals surface area (Å²) in [7, 11) is 1.92.